The van der Waals surface area contributed by atoms with E-state index in [4.69, 9.17) is 0 Å². The SMILES string of the molecule is CC.CCCC1(C)C=CC(Br)=CC1. The summed E-state index contributed by atoms with van der Waals surface area (Å²) in [6.07, 6.45) is 10.5. The summed E-state index contributed by atoms with van der Waals surface area (Å²) < 4.78 is 1.23. The molecule has 1 aliphatic rings. The van der Waals surface area contributed by atoms with Gasteiger partial charge in [0.05, 0.1) is 0 Å². The Morgan fingerprint density at radius 3 is 2.46 bits per heavy atom. The monoisotopic (exact) mass is 244 g/mol. The van der Waals surface area contributed by atoms with Gasteiger partial charge in [0.25, 0.3) is 0 Å². The standard InChI is InChI=1S/C10H15Br.C2H6/c1-3-6-10(2)7-4-9(11)5-8-10;1-2/h4-5,7H,3,6,8H2,1-2H3;1-2H3. The summed E-state index contributed by atoms with van der Waals surface area (Å²) in [6.45, 7) is 8.56. The van der Waals surface area contributed by atoms with Crippen molar-refractivity contribution in [3.8, 4) is 0 Å². The second-order valence-electron chi connectivity index (χ2n) is 3.53. The summed E-state index contributed by atoms with van der Waals surface area (Å²) in [5.74, 6) is 0. The lowest BCUT2D eigenvalue weighted by molar-refractivity contribution is 0.388. The lowest BCUT2D eigenvalue weighted by Gasteiger charge is -2.26. The van der Waals surface area contributed by atoms with Gasteiger partial charge in [-0.2, -0.15) is 0 Å². The maximum Gasteiger partial charge on any atom is 0.0132 e. The zero-order valence-electron chi connectivity index (χ0n) is 9.23. The molecule has 0 spiro atoms. The highest BCUT2D eigenvalue weighted by Crippen LogP contribution is 2.34. The van der Waals surface area contributed by atoms with E-state index in [1.807, 2.05) is 13.8 Å². The first-order valence-electron chi connectivity index (χ1n) is 5.21. The third-order valence-corrected chi connectivity index (χ3v) is 2.82. The first kappa shape index (κ1) is 13.0. The Hall–Kier alpha value is -0.0400. The number of allylic oxidation sites excluding steroid dienone is 4. The molecule has 0 aromatic carbocycles. The average Bonchev–Trinajstić information content (AvgIpc) is 2.15. The number of hydrogen-bond donors (Lipinski definition) is 0. The third-order valence-electron chi connectivity index (χ3n) is 2.23. The van der Waals surface area contributed by atoms with Crippen LogP contribution < -0.4 is 0 Å². The maximum atomic E-state index is 3.47. The molecule has 1 unspecified atom stereocenters. The summed E-state index contributed by atoms with van der Waals surface area (Å²) in [5.41, 5.74) is 0.423. The molecule has 0 saturated carbocycles. The van der Waals surface area contributed by atoms with Gasteiger partial charge in [-0.05, 0) is 18.3 Å². The predicted octanol–water partition coefficient (Wildman–Crippen LogP) is 5.06. The van der Waals surface area contributed by atoms with Crippen LogP contribution in [0.15, 0.2) is 22.7 Å². The molecule has 1 heteroatoms. The van der Waals surface area contributed by atoms with Crippen molar-refractivity contribution >= 4 is 15.9 Å². The van der Waals surface area contributed by atoms with Gasteiger partial charge in [0.15, 0.2) is 0 Å². The quantitative estimate of drug-likeness (QED) is 0.638. The Labute approximate surface area is 91.2 Å². The van der Waals surface area contributed by atoms with Crippen LogP contribution in [0.1, 0.15) is 47.0 Å². The fraction of sp³-hybridized carbons (Fsp3) is 0.667. The predicted molar refractivity (Wildman–Crippen MR) is 65.1 cm³/mol. The van der Waals surface area contributed by atoms with Crippen molar-refractivity contribution in [2.75, 3.05) is 0 Å². The molecule has 1 aliphatic carbocycles. The van der Waals surface area contributed by atoms with Gasteiger partial charge in [-0.1, -0.05) is 68.3 Å². The van der Waals surface area contributed by atoms with Gasteiger partial charge >= 0.3 is 0 Å². The third kappa shape index (κ3) is 4.66. The highest BCUT2D eigenvalue weighted by atomic mass is 79.9. The maximum absolute atomic E-state index is 3.47. The van der Waals surface area contributed by atoms with Crippen molar-refractivity contribution in [1.82, 2.24) is 0 Å². The second-order valence-corrected chi connectivity index (χ2v) is 4.45. The highest BCUT2D eigenvalue weighted by Gasteiger charge is 2.20. The number of rotatable bonds is 2. The molecule has 0 aliphatic heterocycles. The summed E-state index contributed by atoms with van der Waals surface area (Å²) in [6, 6.07) is 0. The Bertz CT molecular complexity index is 191. The fourth-order valence-corrected chi connectivity index (χ4v) is 1.80. The molecule has 0 radical (unpaired) electrons. The van der Waals surface area contributed by atoms with E-state index in [2.05, 4.69) is 48.0 Å². The van der Waals surface area contributed by atoms with Crippen molar-refractivity contribution in [3.05, 3.63) is 22.7 Å². The van der Waals surface area contributed by atoms with Crippen LogP contribution in [-0.2, 0) is 0 Å². The summed E-state index contributed by atoms with van der Waals surface area (Å²) >= 11 is 3.47. The molecule has 0 N–H and O–H groups in total. The van der Waals surface area contributed by atoms with Gasteiger partial charge in [-0.15, -0.1) is 0 Å². The Morgan fingerprint density at radius 1 is 1.46 bits per heavy atom. The molecule has 0 saturated heterocycles. The van der Waals surface area contributed by atoms with Gasteiger partial charge in [0.2, 0.25) is 0 Å². The Kier molecular flexibility index (Phi) is 6.40. The summed E-state index contributed by atoms with van der Waals surface area (Å²) in [7, 11) is 0. The largest absolute Gasteiger partial charge is 0.0772 e. The van der Waals surface area contributed by atoms with E-state index in [-0.39, 0.29) is 0 Å². The van der Waals surface area contributed by atoms with Crippen LogP contribution in [0.25, 0.3) is 0 Å². The van der Waals surface area contributed by atoms with Crippen molar-refractivity contribution < 1.29 is 0 Å². The Morgan fingerprint density at radius 2 is 2.08 bits per heavy atom. The lowest BCUT2D eigenvalue weighted by atomic mass is 9.80. The van der Waals surface area contributed by atoms with Crippen LogP contribution in [-0.4, -0.2) is 0 Å². The second kappa shape index (κ2) is 6.42. The van der Waals surface area contributed by atoms with Gasteiger partial charge in [0, 0.05) is 4.48 Å². The average molecular weight is 245 g/mol. The van der Waals surface area contributed by atoms with Gasteiger partial charge in [-0.3, -0.25) is 0 Å². The molecule has 0 bridgehead atoms. The van der Waals surface area contributed by atoms with Crippen LogP contribution in [0, 0.1) is 5.41 Å². The zero-order chi connectivity index (χ0) is 10.3. The van der Waals surface area contributed by atoms with E-state index in [1.54, 1.807) is 0 Å². The van der Waals surface area contributed by atoms with Crippen LogP contribution in [0.2, 0.25) is 0 Å². The number of hydrogen-bond acceptors (Lipinski definition) is 0. The van der Waals surface area contributed by atoms with Crippen LogP contribution in [0.5, 0.6) is 0 Å². The molecule has 0 amide bonds. The highest BCUT2D eigenvalue weighted by molar-refractivity contribution is 9.11. The fourth-order valence-electron chi connectivity index (χ4n) is 1.50. The Balaban J connectivity index is 0.000000671. The first-order chi connectivity index (χ1) is 6.16. The van der Waals surface area contributed by atoms with Gasteiger partial charge in [-0.25, -0.2) is 0 Å². The molecule has 76 valence electrons. The van der Waals surface area contributed by atoms with Crippen molar-refractivity contribution in [2.24, 2.45) is 5.41 Å². The van der Waals surface area contributed by atoms with Crippen molar-refractivity contribution in [1.29, 1.82) is 0 Å². The minimum Gasteiger partial charge on any atom is -0.0772 e. The van der Waals surface area contributed by atoms with E-state index in [0.717, 1.165) is 0 Å². The molecule has 0 fully saturated rings. The molecule has 1 rings (SSSR count). The van der Waals surface area contributed by atoms with E-state index in [0.29, 0.717) is 5.41 Å². The molecule has 0 heterocycles. The van der Waals surface area contributed by atoms with E-state index in [1.165, 1.54) is 23.7 Å². The first-order valence-corrected chi connectivity index (χ1v) is 6.00. The molecule has 0 aromatic heterocycles. The molecule has 0 aromatic rings. The lowest BCUT2D eigenvalue weighted by Crippen LogP contribution is -2.13. The van der Waals surface area contributed by atoms with Crippen molar-refractivity contribution in [2.45, 2.75) is 47.0 Å². The molecule has 1 atom stereocenters. The van der Waals surface area contributed by atoms with E-state index < -0.39 is 0 Å². The minimum absolute atomic E-state index is 0.423. The molecular formula is C12H21Br. The topological polar surface area (TPSA) is 0 Å². The molecule has 13 heavy (non-hydrogen) atoms. The minimum atomic E-state index is 0.423. The molecular weight excluding hydrogens is 224 g/mol. The smallest absolute Gasteiger partial charge is 0.0132 e. The van der Waals surface area contributed by atoms with E-state index in [9.17, 15) is 0 Å². The number of halogens is 1. The van der Waals surface area contributed by atoms with Gasteiger partial charge < -0.3 is 0 Å². The van der Waals surface area contributed by atoms with Crippen LogP contribution >= 0.6 is 15.9 Å². The summed E-state index contributed by atoms with van der Waals surface area (Å²) in [4.78, 5) is 0. The normalized spacial score (nSPS) is 26.1. The van der Waals surface area contributed by atoms with Crippen LogP contribution in [0.3, 0.4) is 0 Å². The zero-order valence-corrected chi connectivity index (χ0v) is 10.8. The molecule has 0 nitrogen and oxygen atoms in total. The van der Waals surface area contributed by atoms with Gasteiger partial charge in [0.1, 0.15) is 0 Å². The summed E-state index contributed by atoms with van der Waals surface area (Å²) in [5, 5.41) is 0. The van der Waals surface area contributed by atoms with Crippen molar-refractivity contribution in [3.63, 3.8) is 0 Å². The van der Waals surface area contributed by atoms with Crippen LogP contribution in [0.4, 0.5) is 0 Å². The van der Waals surface area contributed by atoms with E-state index >= 15 is 0 Å².